The van der Waals surface area contributed by atoms with Gasteiger partial charge in [-0.05, 0) is 30.3 Å². The van der Waals surface area contributed by atoms with E-state index in [1.165, 1.54) is 7.11 Å². The Kier molecular flexibility index (Phi) is 7.21. The number of anilines is 3. The Balaban J connectivity index is 1.35. The van der Waals surface area contributed by atoms with E-state index in [9.17, 15) is 4.79 Å². The number of amides is 2. The van der Waals surface area contributed by atoms with Gasteiger partial charge >= 0.3 is 6.03 Å². The average Bonchev–Trinajstić information content (AvgIpc) is 2.92. The molecule has 1 aliphatic rings. The van der Waals surface area contributed by atoms with Crippen molar-refractivity contribution in [2.75, 3.05) is 56.3 Å². The van der Waals surface area contributed by atoms with Crippen LogP contribution in [-0.4, -0.2) is 71.3 Å². The second kappa shape index (κ2) is 10.7. The van der Waals surface area contributed by atoms with Crippen molar-refractivity contribution < 1.29 is 14.3 Å². The lowest BCUT2D eigenvalue weighted by atomic mass is 10.1. The second-order valence-corrected chi connectivity index (χ2v) is 9.27. The predicted molar refractivity (Wildman–Crippen MR) is 147 cm³/mol. The number of methoxy groups -OCH3 is 2. The van der Waals surface area contributed by atoms with Gasteiger partial charge < -0.3 is 30.3 Å². The van der Waals surface area contributed by atoms with Crippen LogP contribution in [0, 0.1) is 0 Å². The first-order valence-electron chi connectivity index (χ1n) is 11.6. The molecule has 2 aromatic carbocycles. The standard InChI is InChI=1S/C25H24Cl2N8O3/c1-37-15-4-6-18(20(12-15)38-2)31-25(36)35-9-7-34(8-10-35)23-21-22(32-24(28)33-23)29-13-19(30-21)16-5-3-14(26)11-17(16)27/h3-6,11-13H,7-10H2,1-2H3,(H,31,36)(H2,28,29,32,33). The fourth-order valence-corrected chi connectivity index (χ4v) is 4.68. The fraction of sp³-hybridized carbons (Fsp3) is 0.240. The molecule has 0 unspecified atom stereocenters. The van der Waals surface area contributed by atoms with Crippen molar-refractivity contribution in [3.05, 3.63) is 52.6 Å². The maximum absolute atomic E-state index is 13.0. The average molecular weight is 555 g/mol. The Hall–Kier alpha value is -4.09. The highest BCUT2D eigenvalue weighted by Crippen LogP contribution is 2.32. The first-order valence-corrected chi connectivity index (χ1v) is 12.4. The van der Waals surface area contributed by atoms with Crippen LogP contribution in [0.2, 0.25) is 10.0 Å². The van der Waals surface area contributed by atoms with Gasteiger partial charge in [0.05, 0.1) is 36.8 Å². The summed E-state index contributed by atoms with van der Waals surface area (Å²) in [5.41, 5.74) is 8.64. The molecule has 3 heterocycles. The molecule has 5 rings (SSSR count). The van der Waals surface area contributed by atoms with E-state index >= 15 is 0 Å². The number of ether oxygens (including phenoxy) is 2. The van der Waals surface area contributed by atoms with Gasteiger partial charge in [-0.2, -0.15) is 9.97 Å². The third kappa shape index (κ3) is 5.15. The van der Waals surface area contributed by atoms with Crippen LogP contribution in [0.4, 0.5) is 22.2 Å². The van der Waals surface area contributed by atoms with E-state index in [1.54, 1.807) is 54.6 Å². The number of urea groups is 1. The van der Waals surface area contributed by atoms with Crippen molar-refractivity contribution >= 4 is 57.9 Å². The zero-order chi connectivity index (χ0) is 26.8. The van der Waals surface area contributed by atoms with E-state index in [2.05, 4.69) is 20.3 Å². The molecular formula is C25H24Cl2N8O3. The van der Waals surface area contributed by atoms with Crippen LogP contribution in [0.3, 0.4) is 0 Å². The number of fused-ring (bicyclic) bond motifs is 1. The molecule has 0 saturated carbocycles. The van der Waals surface area contributed by atoms with E-state index in [4.69, 9.17) is 43.4 Å². The smallest absolute Gasteiger partial charge is 0.322 e. The topological polar surface area (TPSA) is 132 Å². The number of benzene rings is 2. The number of nitrogens with two attached hydrogens (primary N) is 1. The number of piperazine rings is 1. The Bertz CT molecular complexity index is 1510. The minimum absolute atomic E-state index is 0.0887. The van der Waals surface area contributed by atoms with Crippen molar-refractivity contribution in [1.82, 2.24) is 24.8 Å². The summed E-state index contributed by atoms with van der Waals surface area (Å²) in [5.74, 6) is 1.78. The van der Waals surface area contributed by atoms with Gasteiger partial charge in [0.15, 0.2) is 17.0 Å². The molecule has 0 spiro atoms. The first kappa shape index (κ1) is 25.6. The number of halogens is 2. The lowest BCUT2D eigenvalue weighted by Gasteiger charge is -2.35. The molecule has 4 aromatic rings. The summed E-state index contributed by atoms with van der Waals surface area (Å²) < 4.78 is 10.6. The molecule has 3 N–H and O–H groups in total. The number of nitrogens with zero attached hydrogens (tertiary/aromatic N) is 6. The van der Waals surface area contributed by atoms with Crippen molar-refractivity contribution in [2.45, 2.75) is 0 Å². The maximum Gasteiger partial charge on any atom is 0.322 e. The second-order valence-electron chi connectivity index (χ2n) is 8.43. The Morgan fingerprint density at radius 1 is 1.00 bits per heavy atom. The predicted octanol–water partition coefficient (Wildman–Crippen LogP) is 4.35. The summed E-state index contributed by atoms with van der Waals surface area (Å²) in [7, 11) is 3.11. The normalized spacial score (nSPS) is 13.5. The van der Waals surface area contributed by atoms with E-state index < -0.39 is 0 Å². The minimum atomic E-state index is -0.236. The maximum atomic E-state index is 13.0. The van der Waals surface area contributed by atoms with Gasteiger partial charge in [-0.3, -0.25) is 0 Å². The first-order chi connectivity index (χ1) is 18.4. The van der Waals surface area contributed by atoms with Gasteiger partial charge in [0, 0.05) is 42.8 Å². The summed E-state index contributed by atoms with van der Waals surface area (Å²) in [6, 6.07) is 10.1. The monoisotopic (exact) mass is 554 g/mol. The third-order valence-corrected chi connectivity index (χ3v) is 6.68. The molecule has 0 aliphatic carbocycles. The van der Waals surface area contributed by atoms with Crippen LogP contribution in [-0.2, 0) is 0 Å². The Morgan fingerprint density at radius 3 is 2.50 bits per heavy atom. The molecule has 0 bridgehead atoms. The van der Waals surface area contributed by atoms with Crippen LogP contribution in [0.15, 0.2) is 42.6 Å². The van der Waals surface area contributed by atoms with E-state index in [-0.39, 0.29) is 12.0 Å². The summed E-state index contributed by atoms with van der Waals surface area (Å²) in [6.45, 7) is 1.91. The number of carbonyl (C=O) groups excluding carboxylic acids is 1. The lowest BCUT2D eigenvalue weighted by Crippen LogP contribution is -2.50. The van der Waals surface area contributed by atoms with E-state index in [0.717, 1.165) is 0 Å². The number of hydrogen-bond donors (Lipinski definition) is 2. The van der Waals surface area contributed by atoms with E-state index in [0.29, 0.717) is 81.6 Å². The molecule has 1 saturated heterocycles. The Labute approximate surface area is 228 Å². The van der Waals surface area contributed by atoms with Crippen molar-refractivity contribution in [3.63, 3.8) is 0 Å². The molecule has 0 atom stereocenters. The molecule has 196 valence electrons. The summed E-state index contributed by atoms with van der Waals surface area (Å²) in [5, 5.41) is 3.89. The highest BCUT2D eigenvalue weighted by molar-refractivity contribution is 6.36. The highest BCUT2D eigenvalue weighted by atomic mass is 35.5. The van der Waals surface area contributed by atoms with Crippen LogP contribution in [0.5, 0.6) is 11.5 Å². The van der Waals surface area contributed by atoms with Crippen LogP contribution < -0.4 is 25.4 Å². The Morgan fingerprint density at radius 2 is 1.79 bits per heavy atom. The molecule has 38 heavy (non-hydrogen) atoms. The number of aromatic nitrogens is 4. The number of carbonyl (C=O) groups is 1. The zero-order valence-electron chi connectivity index (χ0n) is 20.6. The molecule has 2 aromatic heterocycles. The summed E-state index contributed by atoms with van der Waals surface area (Å²) >= 11 is 12.4. The molecule has 0 radical (unpaired) electrons. The lowest BCUT2D eigenvalue weighted by molar-refractivity contribution is 0.208. The third-order valence-electron chi connectivity index (χ3n) is 6.13. The van der Waals surface area contributed by atoms with Gasteiger partial charge in [-0.25, -0.2) is 14.8 Å². The largest absolute Gasteiger partial charge is 0.497 e. The van der Waals surface area contributed by atoms with Crippen molar-refractivity contribution in [1.29, 1.82) is 0 Å². The summed E-state index contributed by atoms with van der Waals surface area (Å²) in [4.78, 5) is 34.6. The van der Waals surface area contributed by atoms with Gasteiger partial charge in [0.1, 0.15) is 11.5 Å². The van der Waals surface area contributed by atoms with Crippen molar-refractivity contribution in [2.24, 2.45) is 0 Å². The number of nitrogen functional groups attached to an aromatic ring is 1. The zero-order valence-corrected chi connectivity index (χ0v) is 22.1. The number of hydrogen-bond acceptors (Lipinski definition) is 9. The molecule has 2 amide bonds. The van der Waals surface area contributed by atoms with Gasteiger partial charge in [0.2, 0.25) is 5.95 Å². The quantitative estimate of drug-likeness (QED) is 0.369. The van der Waals surface area contributed by atoms with Gasteiger partial charge in [0.25, 0.3) is 0 Å². The van der Waals surface area contributed by atoms with Crippen LogP contribution >= 0.6 is 23.2 Å². The highest BCUT2D eigenvalue weighted by Gasteiger charge is 2.25. The van der Waals surface area contributed by atoms with E-state index in [1.807, 2.05) is 4.90 Å². The van der Waals surface area contributed by atoms with Crippen LogP contribution in [0.1, 0.15) is 0 Å². The molecule has 11 nitrogen and oxygen atoms in total. The number of rotatable bonds is 5. The van der Waals surface area contributed by atoms with Crippen LogP contribution in [0.25, 0.3) is 22.4 Å². The SMILES string of the molecule is COc1ccc(NC(=O)N2CCN(c3nc(N)nc4ncc(-c5ccc(Cl)cc5Cl)nc34)CC2)c(OC)c1. The van der Waals surface area contributed by atoms with Gasteiger partial charge in [-0.15, -0.1) is 0 Å². The molecule has 13 heteroatoms. The van der Waals surface area contributed by atoms with Gasteiger partial charge in [-0.1, -0.05) is 23.2 Å². The van der Waals surface area contributed by atoms with Crippen molar-refractivity contribution in [3.8, 4) is 22.8 Å². The fourth-order valence-electron chi connectivity index (χ4n) is 4.17. The molecule has 1 fully saturated rings. The molecule has 1 aliphatic heterocycles. The number of nitrogens with one attached hydrogen (secondary N) is 1. The molecular weight excluding hydrogens is 531 g/mol. The summed E-state index contributed by atoms with van der Waals surface area (Å²) in [6.07, 6.45) is 1.59. The minimum Gasteiger partial charge on any atom is -0.497 e.